The van der Waals surface area contributed by atoms with Crippen LogP contribution in [0.1, 0.15) is 26.0 Å². The predicted octanol–water partition coefficient (Wildman–Crippen LogP) is 7.64. The summed E-state index contributed by atoms with van der Waals surface area (Å²) in [7, 11) is 1.59. The molecule has 0 aliphatic heterocycles. The minimum absolute atomic E-state index is 0.111. The largest absolute Gasteiger partial charge is 0.497 e. The van der Waals surface area contributed by atoms with Crippen LogP contribution in [0.5, 0.6) is 5.75 Å². The molecule has 0 saturated carbocycles. The molecule has 0 bridgehead atoms. The molecule has 44 heavy (non-hydrogen) atoms. The van der Waals surface area contributed by atoms with E-state index in [0.717, 1.165) is 15.3 Å². The molecule has 220 valence electrons. The molecule has 1 heterocycles. The van der Waals surface area contributed by atoms with Crippen LogP contribution in [0.15, 0.2) is 137 Å². The number of benzene rings is 4. The number of carbonyl (C=O) groups is 3. The Labute approximate surface area is 264 Å². The summed E-state index contributed by atoms with van der Waals surface area (Å²) >= 11 is 2.82. The molecule has 0 aliphatic rings. The summed E-state index contributed by atoms with van der Waals surface area (Å²) in [5, 5.41) is 9.98. The summed E-state index contributed by atoms with van der Waals surface area (Å²) < 4.78 is 5.22. The summed E-state index contributed by atoms with van der Waals surface area (Å²) in [6, 6.07) is 36.4. The highest BCUT2D eigenvalue weighted by Crippen LogP contribution is 2.37. The third-order valence-electron chi connectivity index (χ3n) is 6.40. The van der Waals surface area contributed by atoms with Gasteiger partial charge in [-0.3, -0.25) is 14.4 Å². The van der Waals surface area contributed by atoms with Gasteiger partial charge in [0.2, 0.25) is 5.91 Å². The fourth-order valence-corrected chi connectivity index (χ4v) is 5.96. The fraction of sp³-hybridized carbons (Fsp3) is 0.0571. The summed E-state index contributed by atoms with van der Waals surface area (Å²) in [5.74, 6) is -0.349. The molecule has 0 aliphatic carbocycles. The maximum atomic E-state index is 13.5. The van der Waals surface area contributed by atoms with Crippen LogP contribution < -0.4 is 20.7 Å². The van der Waals surface area contributed by atoms with Gasteiger partial charge in [-0.15, -0.1) is 23.1 Å². The summed E-state index contributed by atoms with van der Waals surface area (Å²) in [5.41, 5.74) is 2.56. The molecule has 5 rings (SSSR count). The second-order valence-corrected chi connectivity index (χ2v) is 11.7. The lowest BCUT2D eigenvalue weighted by Crippen LogP contribution is -2.30. The minimum atomic E-state index is -0.566. The molecular formula is C35H29N3O4S2. The average molecular weight is 620 g/mol. The smallest absolute Gasteiger partial charge is 0.272 e. The van der Waals surface area contributed by atoms with Gasteiger partial charge in [-0.05, 0) is 77.7 Å². The first-order valence-electron chi connectivity index (χ1n) is 13.7. The van der Waals surface area contributed by atoms with Gasteiger partial charge in [0.15, 0.2) is 0 Å². The molecule has 0 saturated heterocycles. The number of carbonyl (C=O) groups excluding carboxylic acids is 3. The Kier molecular flexibility index (Phi) is 10.2. The quantitative estimate of drug-likeness (QED) is 0.104. The Morgan fingerprint density at radius 2 is 1.50 bits per heavy atom. The van der Waals surface area contributed by atoms with Gasteiger partial charge in [-0.1, -0.05) is 60.7 Å². The molecule has 0 spiro atoms. The monoisotopic (exact) mass is 619 g/mol. The SMILES string of the molecule is COc1ccc(NC(=O)C(Sc2cccc(NC(=O)/C(=C/c3cccs3)NC(=O)c3ccccc3)c2)c2ccccc2)cc1. The van der Waals surface area contributed by atoms with Crippen molar-refractivity contribution in [2.24, 2.45) is 0 Å². The number of ether oxygens (including phenoxy) is 1. The second kappa shape index (κ2) is 14.9. The minimum Gasteiger partial charge on any atom is -0.497 e. The first-order valence-corrected chi connectivity index (χ1v) is 15.4. The van der Waals surface area contributed by atoms with Gasteiger partial charge in [0.05, 0.1) is 7.11 Å². The molecular weight excluding hydrogens is 591 g/mol. The van der Waals surface area contributed by atoms with E-state index in [1.54, 1.807) is 73.8 Å². The Morgan fingerprint density at radius 1 is 0.773 bits per heavy atom. The molecule has 1 unspecified atom stereocenters. The van der Waals surface area contributed by atoms with Crippen molar-refractivity contribution in [2.75, 3.05) is 17.7 Å². The molecule has 3 amide bonds. The predicted molar refractivity (Wildman–Crippen MR) is 178 cm³/mol. The van der Waals surface area contributed by atoms with Crippen molar-refractivity contribution in [1.29, 1.82) is 0 Å². The van der Waals surface area contributed by atoms with Gasteiger partial charge in [-0.25, -0.2) is 0 Å². The summed E-state index contributed by atoms with van der Waals surface area (Å²) in [6.07, 6.45) is 1.65. The summed E-state index contributed by atoms with van der Waals surface area (Å²) in [4.78, 5) is 41.5. The van der Waals surface area contributed by atoms with Crippen LogP contribution in [0.3, 0.4) is 0 Å². The molecule has 0 radical (unpaired) electrons. The maximum absolute atomic E-state index is 13.5. The number of hydrogen-bond acceptors (Lipinski definition) is 6. The topological polar surface area (TPSA) is 96.5 Å². The van der Waals surface area contributed by atoms with E-state index in [9.17, 15) is 14.4 Å². The van der Waals surface area contributed by atoms with Crippen molar-refractivity contribution in [3.05, 3.63) is 148 Å². The van der Waals surface area contributed by atoms with Crippen molar-refractivity contribution in [3.8, 4) is 5.75 Å². The van der Waals surface area contributed by atoms with Crippen LogP contribution in [0.4, 0.5) is 11.4 Å². The van der Waals surface area contributed by atoms with Gasteiger partial charge in [0.25, 0.3) is 11.8 Å². The van der Waals surface area contributed by atoms with E-state index in [2.05, 4.69) is 16.0 Å². The van der Waals surface area contributed by atoms with Crippen LogP contribution in [0.2, 0.25) is 0 Å². The normalized spacial score (nSPS) is 11.7. The lowest BCUT2D eigenvalue weighted by Gasteiger charge is -2.18. The standard InChI is InChI=1S/C35H29N3O4S2/c1-42-28-19-17-26(18-20-28)36-35(41)32(24-10-4-2-5-11-24)44-30-15-8-14-27(22-30)37-34(40)31(23-29-16-9-21-43-29)38-33(39)25-12-6-3-7-13-25/h2-23,32H,1H3,(H,36,41)(H,37,40)(H,38,39)/b31-23-. The first-order chi connectivity index (χ1) is 21.5. The van der Waals surface area contributed by atoms with Gasteiger partial charge in [0, 0.05) is 26.7 Å². The van der Waals surface area contributed by atoms with Gasteiger partial charge in [-0.2, -0.15) is 0 Å². The zero-order valence-electron chi connectivity index (χ0n) is 23.7. The van der Waals surface area contributed by atoms with E-state index >= 15 is 0 Å². The summed E-state index contributed by atoms with van der Waals surface area (Å²) in [6.45, 7) is 0. The highest BCUT2D eigenvalue weighted by atomic mass is 32.2. The highest BCUT2D eigenvalue weighted by molar-refractivity contribution is 8.00. The number of thiophene rings is 1. The third kappa shape index (κ3) is 8.25. The van der Waals surface area contributed by atoms with E-state index in [1.807, 2.05) is 66.0 Å². The van der Waals surface area contributed by atoms with Crippen molar-refractivity contribution < 1.29 is 19.1 Å². The number of hydrogen-bond donors (Lipinski definition) is 3. The fourth-order valence-electron chi connectivity index (χ4n) is 4.22. The van der Waals surface area contributed by atoms with E-state index in [4.69, 9.17) is 4.74 Å². The van der Waals surface area contributed by atoms with E-state index in [1.165, 1.54) is 23.1 Å². The maximum Gasteiger partial charge on any atom is 0.272 e. The Hall–Kier alpha value is -5.12. The van der Waals surface area contributed by atoms with Gasteiger partial charge < -0.3 is 20.7 Å². The van der Waals surface area contributed by atoms with Gasteiger partial charge >= 0.3 is 0 Å². The number of methoxy groups -OCH3 is 1. The van der Waals surface area contributed by atoms with E-state index < -0.39 is 11.2 Å². The molecule has 3 N–H and O–H groups in total. The van der Waals surface area contributed by atoms with Crippen LogP contribution in [0.25, 0.3) is 6.08 Å². The molecule has 5 aromatic rings. The van der Waals surface area contributed by atoms with Crippen LogP contribution >= 0.6 is 23.1 Å². The average Bonchev–Trinajstić information content (AvgIpc) is 3.58. The molecule has 7 nitrogen and oxygen atoms in total. The number of amides is 3. The Morgan fingerprint density at radius 3 is 2.18 bits per heavy atom. The number of anilines is 2. The number of nitrogens with one attached hydrogen (secondary N) is 3. The molecule has 4 aromatic carbocycles. The Balaban J connectivity index is 1.34. The Bertz CT molecular complexity index is 1740. The molecule has 0 fully saturated rings. The lowest BCUT2D eigenvalue weighted by molar-refractivity contribution is -0.116. The van der Waals surface area contributed by atoms with E-state index in [-0.39, 0.29) is 17.5 Å². The lowest BCUT2D eigenvalue weighted by atomic mass is 10.1. The van der Waals surface area contributed by atoms with Crippen LogP contribution in [-0.2, 0) is 9.59 Å². The van der Waals surface area contributed by atoms with Crippen molar-refractivity contribution in [3.63, 3.8) is 0 Å². The molecule has 1 atom stereocenters. The van der Waals surface area contributed by atoms with Crippen LogP contribution in [0, 0.1) is 0 Å². The zero-order chi connectivity index (χ0) is 30.7. The van der Waals surface area contributed by atoms with Gasteiger partial charge in [0.1, 0.15) is 16.7 Å². The first kappa shape index (κ1) is 30.3. The third-order valence-corrected chi connectivity index (χ3v) is 8.47. The molecule has 1 aromatic heterocycles. The van der Waals surface area contributed by atoms with Crippen molar-refractivity contribution in [1.82, 2.24) is 5.32 Å². The number of rotatable bonds is 11. The van der Waals surface area contributed by atoms with Crippen LogP contribution in [-0.4, -0.2) is 24.8 Å². The second-order valence-electron chi connectivity index (χ2n) is 9.50. The molecule has 9 heteroatoms. The van der Waals surface area contributed by atoms with Crippen molar-refractivity contribution >= 4 is 58.3 Å². The zero-order valence-corrected chi connectivity index (χ0v) is 25.4. The van der Waals surface area contributed by atoms with E-state index in [0.29, 0.717) is 22.7 Å². The van der Waals surface area contributed by atoms with Crippen molar-refractivity contribution in [2.45, 2.75) is 10.1 Å². The highest BCUT2D eigenvalue weighted by Gasteiger charge is 2.23. The number of thioether (sulfide) groups is 1.